The molecule has 0 spiro atoms. The molecule has 7 heteroatoms. The number of aromatic nitrogens is 1. The van der Waals surface area contributed by atoms with E-state index < -0.39 is 0 Å². The summed E-state index contributed by atoms with van der Waals surface area (Å²) in [5.41, 5.74) is 2.17. The minimum absolute atomic E-state index is 0.130. The SMILES string of the molecule is CCCCOC(=O)CCCCC(=O)OCOc1cccc2[nH]cc(CCN(C)C)c12. The van der Waals surface area contributed by atoms with E-state index in [0.717, 1.165) is 36.7 Å². The van der Waals surface area contributed by atoms with Crippen LogP contribution in [0.5, 0.6) is 5.75 Å². The highest BCUT2D eigenvalue weighted by Crippen LogP contribution is 2.29. The molecule has 2 rings (SSSR count). The van der Waals surface area contributed by atoms with Crippen molar-refractivity contribution in [3.63, 3.8) is 0 Å². The van der Waals surface area contributed by atoms with E-state index in [0.29, 0.717) is 31.6 Å². The van der Waals surface area contributed by atoms with Crippen LogP contribution in [-0.4, -0.2) is 55.9 Å². The van der Waals surface area contributed by atoms with E-state index in [1.54, 1.807) is 0 Å². The highest BCUT2D eigenvalue weighted by molar-refractivity contribution is 5.89. The zero-order valence-electron chi connectivity index (χ0n) is 18.4. The molecule has 0 radical (unpaired) electrons. The van der Waals surface area contributed by atoms with E-state index in [1.165, 1.54) is 5.56 Å². The van der Waals surface area contributed by atoms with Crippen molar-refractivity contribution in [1.82, 2.24) is 9.88 Å². The topological polar surface area (TPSA) is 80.9 Å². The lowest BCUT2D eigenvalue weighted by molar-refractivity contribution is -0.151. The maximum absolute atomic E-state index is 11.9. The summed E-state index contributed by atoms with van der Waals surface area (Å²) < 4.78 is 16.0. The Bertz CT molecular complexity index is 800. The predicted molar refractivity (Wildman–Crippen MR) is 116 cm³/mol. The van der Waals surface area contributed by atoms with Crippen LogP contribution < -0.4 is 4.74 Å². The third kappa shape index (κ3) is 8.06. The van der Waals surface area contributed by atoms with Gasteiger partial charge in [-0.15, -0.1) is 0 Å². The molecular formula is C23H34N2O5. The summed E-state index contributed by atoms with van der Waals surface area (Å²) in [6.07, 6.45) is 6.56. The highest BCUT2D eigenvalue weighted by Gasteiger charge is 2.11. The molecule has 0 saturated carbocycles. The van der Waals surface area contributed by atoms with E-state index in [4.69, 9.17) is 14.2 Å². The fourth-order valence-electron chi connectivity index (χ4n) is 3.05. The molecule has 0 aliphatic heterocycles. The number of benzene rings is 1. The maximum Gasteiger partial charge on any atom is 0.308 e. The largest absolute Gasteiger partial charge is 0.466 e. The second-order valence-corrected chi connectivity index (χ2v) is 7.61. The Hall–Kier alpha value is -2.54. The first-order chi connectivity index (χ1) is 14.5. The maximum atomic E-state index is 11.9. The van der Waals surface area contributed by atoms with E-state index in [-0.39, 0.29) is 25.2 Å². The molecule has 0 amide bonds. The number of carbonyl (C=O) groups excluding carboxylic acids is 2. The van der Waals surface area contributed by atoms with Crippen LogP contribution in [0.4, 0.5) is 0 Å². The van der Waals surface area contributed by atoms with Gasteiger partial charge >= 0.3 is 11.9 Å². The standard InChI is InChI=1S/C23H34N2O5/c1-4-5-15-28-21(26)11-6-7-12-22(27)30-17-29-20-10-8-9-19-23(20)18(16-24-19)13-14-25(2)3/h8-10,16,24H,4-7,11-15,17H2,1-3H3. The first-order valence-corrected chi connectivity index (χ1v) is 10.7. The quantitative estimate of drug-likeness (QED) is 0.283. The molecule has 2 aromatic rings. The first kappa shape index (κ1) is 23.7. The summed E-state index contributed by atoms with van der Waals surface area (Å²) in [5, 5.41) is 1.02. The van der Waals surface area contributed by atoms with Gasteiger partial charge in [0, 0.05) is 36.5 Å². The van der Waals surface area contributed by atoms with Crippen molar-refractivity contribution in [2.24, 2.45) is 0 Å². The van der Waals surface area contributed by atoms with Crippen LogP contribution in [0.25, 0.3) is 10.9 Å². The van der Waals surface area contributed by atoms with Gasteiger partial charge in [-0.3, -0.25) is 9.59 Å². The van der Waals surface area contributed by atoms with Crippen LogP contribution in [0.3, 0.4) is 0 Å². The Morgan fingerprint density at radius 1 is 1.03 bits per heavy atom. The number of aromatic amines is 1. The zero-order valence-corrected chi connectivity index (χ0v) is 18.4. The number of hydrogen-bond donors (Lipinski definition) is 1. The molecule has 1 N–H and O–H groups in total. The van der Waals surface area contributed by atoms with Crippen LogP contribution >= 0.6 is 0 Å². The summed E-state index contributed by atoms with van der Waals surface area (Å²) in [4.78, 5) is 28.8. The molecule has 7 nitrogen and oxygen atoms in total. The molecule has 0 bridgehead atoms. The Labute approximate surface area is 178 Å². The second kappa shape index (κ2) is 12.9. The van der Waals surface area contributed by atoms with E-state index >= 15 is 0 Å². The normalized spacial score (nSPS) is 11.1. The number of nitrogens with one attached hydrogen (secondary N) is 1. The fourth-order valence-corrected chi connectivity index (χ4v) is 3.05. The van der Waals surface area contributed by atoms with Gasteiger partial charge in [0.1, 0.15) is 5.75 Å². The molecule has 0 atom stereocenters. The molecule has 0 fully saturated rings. The summed E-state index contributed by atoms with van der Waals surface area (Å²) in [7, 11) is 4.09. The van der Waals surface area contributed by atoms with Gasteiger partial charge in [-0.25, -0.2) is 0 Å². The molecule has 0 aliphatic rings. The Morgan fingerprint density at radius 3 is 2.47 bits per heavy atom. The van der Waals surface area contributed by atoms with E-state index in [2.05, 4.69) is 9.88 Å². The molecule has 1 aromatic heterocycles. The number of nitrogens with zero attached hydrogens (tertiary/aromatic N) is 1. The van der Waals surface area contributed by atoms with Crippen molar-refractivity contribution in [2.45, 2.75) is 51.9 Å². The molecule has 0 aliphatic carbocycles. The van der Waals surface area contributed by atoms with Gasteiger partial charge in [-0.05, 0) is 57.5 Å². The van der Waals surface area contributed by atoms with Gasteiger partial charge in [0.2, 0.25) is 6.79 Å². The van der Waals surface area contributed by atoms with Crippen LogP contribution in [0.15, 0.2) is 24.4 Å². The first-order valence-electron chi connectivity index (χ1n) is 10.7. The molecular weight excluding hydrogens is 384 g/mol. The van der Waals surface area contributed by atoms with Gasteiger partial charge in [-0.2, -0.15) is 0 Å². The summed E-state index contributed by atoms with van der Waals surface area (Å²) >= 11 is 0. The molecule has 30 heavy (non-hydrogen) atoms. The van der Waals surface area contributed by atoms with Crippen molar-refractivity contribution in [2.75, 3.05) is 34.0 Å². The minimum Gasteiger partial charge on any atom is -0.466 e. The molecule has 0 saturated heterocycles. The van der Waals surface area contributed by atoms with Crippen molar-refractivity contribution < 1.29 is 23.8 Å². The number of hydrogen-bond acceptors (Lipinski definition) is 6. The number of ether oxygens (including phenoxy) is 3. The Balaban J connectivity index is 1.72. The smallest absolute Gasteiger partial charge is 0.308 e. The summed E-state index contributed by atoms with van der Waals surface area (Å²) in [6.45, 7) is 3.32. The van der Waals surface area contributed by atoms with E-state index in [1.807, 2.05) is 45.4 Å². The monoisotopic (exact) mass is 418 g/mol. The highest BCUT2D eigenvalue weighted by atomic mass is 16.7. The van der Waals surface area contributed by atoms with Gasteiger partial charge in [-0.1, -0.05) is 19.4 Å². The Kier molecular flexibility index (Phi) is 10.2. The predicted octanol–water partition coefficient (Wildman–Crippen LogP) is 4.06. The van der Waals surface area contributed by atoms with Crippen molar-refractivity contribution in [3.8, 4) is 5.75 Å². The minimum atomic E-state index is -0.330. The zero-order chi connectivity index (χ0) is 21.8. The van der Waals surface area contributed by atoms with E-state index in [9.17, 15) is 9.59 Å². The fraction of sp³-hybridized carbons (Fsp3) is 0.565. The van der Waals surface area contributed by atoms with Crippen molar-refractivity contribution in [3.05, 3.63) is 30.0 Å². The van der Waals surface area contributed by atoms with Gasteiger partial charge in [0.15, 0.2) is 0 Å². The van der Waals surface area contributed by atoms with Crippen LogP contribution in [0, 0.1) is 0 Å². The van der Waals surface area contributed by atoms with Crippen molar-refractivity contribution >= 4 is 22.8 Å². The number of likely N-dealkylation sites (N-methyl/N-ethyl adjacent to an activating group) is 1. The number of H-pyrrole nitrogens is 1. The lowest BCUT2D eigenvalue weighted by atomic mass is 10.1. The third-order valence-corrected chi connectivity index (χ3v) is 4.78. The average molecular weight is 419 g/mol. The van der Waals surface area contributed by atoms with Gasteiger partial charge in [0.25, 0.3) is 0 Å². The number of fused-ring (bicyclic) bond motifs is 1. The second-order valence-electron chi connectivity index (χ2n) is 7.61. The summed E-state index contributed by atoms with van der Waals surface area (Å²) in [6, 6.07) is 5.79. The van der Waals surface area contributed by atoms with Gasteiger partial charge in [0.05, 0.1) is 6.61 Å². The molecule has 166 valence electrons. The number of carbonyl (C=O) groups is 2. The van der Waals surface area contributed by atoms with Crippen LogP contribution in [0.2, 0.25) is 0 Å². The number of esters is 2. The van der Waals surface area contributed by atoms with Gasteiger partial charge < -0.3 is 24.1 Å². The molecule has 1 aromatic carbocycles. The molecule has 0 unspecified atom stereocenters. The molecule has 1 heterocycles. The van der Waals surface area contributed by atoms with Crippen LogP contribution in [-0.2, 0) is 25.5 Å². The number of unbranched alkanes of at least 4 members (excludes halogenated alkanes) is 2. The average Bonchev–Trinajstić information content (AvgIpc) is 3.14. The Morgan fingerprint density at radius 2 is 1.77 bits per heavy atom. The van der Waals surface area contributed by atoms with Crippen molar-refractivity contribution in [1.29, 1.82) is 0 Å². The lowest BCUT2D eigenvalue weighted by Gasteiger charge is -2.11. The third-order valence-electron chi connectivity index (χ3n) is 4.78. The lowest BCUT2D eigenvalue weighted by Crippen LogP contribution is -2.15. The van der Waals surface area contributed by atoms with Crippen LogP contribution in [0.1, 0.15) is 51.0 Å². The number of rotatable bonds is 14. The summed E-state index contributed by atoms with van der Waals surface area (Å²) in [5.74, 6) is 0.165.